The lowest BCUT2D eigenvalue weighted by Gasteiger charge is -2.17. The van der Waals surface area contributed by atoms with Crippen LogP contribution in [0.3, 0.4) is 0 Å². The highest BCUT2D eigenvalue weighted by Gasteiger charge is 2.30. The summed E-state index contributed by atoms with van der Waals surface area (Å²) in [5.41, 5.74) is 1.54. The standard InChI is InChI=1S/C27H19ClN4O3S/c1-17-22(26(35)32(29-17)21-14-12-18(28)13-15-21)16-23-24(33)30(19-8-4-2-5-9-19)27(36)31(25(23)34)20-10-6-3-7-11-20/h2-16,33H,1H3. The first kappa shape index (κ1) is 23.5. The second-order valence-corrected chi connectivity index (χ2v) is 8.81. The van der Waals surface area contributed by atoms with Crippen LogP contribution in [0.2, 0.25) is 5.02 Å². The Morgan fingerprint density at radius 2 is 1.39 bits per heavy atom. The molecule has 3 aromatic carbocycles. The molecule has 0 atom stereocenters. The second-order valence-electron chi connectivity index (χ2n) is 8.00. The van der Waals surface area contributed by atoms with Gasteiger partial charge >= 0.3 is 0 Å². The van der Waals surface area contributed by atoms with Gasteiger partial charge in [0.05, 0.1) is 28.3 Å². The molecule has 36 heavy (non-hydrogen) atoms. The maximum absolute atomic E-state index is 13.7. The highest BCUT2D eigenvalue weighted by atomic mass is 35.5. The maximum Gasteiger partial charge on any atom is 0.280 e. The molecule has 9 heteroatoms. The Morgan fingerprint density at radius 1 is 0.833 bits per heavy atom. The fourth-order valence-corrected chi connectivity index (χ4v) is 4.45. The van der Waals surface area contributed by atoms with Gasteiger partial charge in [-0.15, -0.1) is 0 Å². The number of rotatable bonds is 4. The zero-order valence-corrected chi connectivity index (χ0v) is 20.6. The maximum atomic E-state index is 13.7. The molecule has 5 rings (SSSR count). The highest BCUT2D eigenvalue weighted by Crippen LogP contribution is 2.29. The number of hydrazone groups is 1. The van der Waals surface area contributed by atoms with E-state index < -0.39 is 11.5 Å². The fraction of sp³-hybridized carbons (Fsp3) is 0.0370. The van der Waals surface area contributed by atoms with Gasteiger partial charge in [-0.25, -0.2) is 0 Å². The van der Waals surface area contributed by atoms with Crippen molar-refractivity contribution in [2.24, 2.45) is 5.10 Å². The normalized spacial score (nSPS) is 14.4. The number of para-hydroxylation sites is 2. The average molecular weight is 515 g/mol. The Hall–Kier alpha value is -4.27. The molecule has 0 aliphatic carbocycles. The van der Waals surface area contributed by atoms with Crippen molar-refractivity contribution in [1.29, 1.82) is 0 Å². The van der Waals surface area contributed by atoms with Gasteiger partial charge in [0, 0.05) is 5.02 Å². The topological polar surface area (TPSA) is 79.8 Å². The second kappa shape index (κ2) is 9.41. The van der Waals surface area contributed by atoms with Crippen molar-refractivity contribution >= 4 is 47.2 Å². The molecule has 1 amide bonds. The van der Waals surface area contributed by atoms with E-state index in [0.29, 0.717) is 27.8 Å². The quantitative estimate of drug-likeness (QED) is 0.287. The Labute approximate surface area is 216 Å². The van der Waals surface area contributed by atoms with E-state index in [1.54, 1.807) is 79.7 Å². The molecule has 0 spiro atoms. The van der Waals surface area contributed by atoms with Crippen LogP contribution in [0.1, 0.15) is 12.5 Å². The van der Waals surface area contributed by atoms with Crippen LogP contribution < -0.4 is 10.6 Å². The molecular formula is C27H19ClN4O3S. The number of nitrogens with zero attached hydrogens (tertiary/aromatic N) is 4. The van der Waals surface area contributed by atoms with Crippen LogP contribution in [0.15, 0.2) is 100 Å². The summed E-state index contributed by atoms with van der Waals surface area (Å²) in [6.07, 6.45) is 1.36. The Kier molecular flexibility index (Phi) is 6.13. The molecule has 0 saturated heterocycles. The number of benzene rings is 3. The first-order valence-corrected chi connectivity index (χ1v) is 11.7. The van der Waals surface area contributed by atoms with Crippen molar-refractivity contribution in [2.75, 3.05) is 5.01 Å². The predicted molar refractivity (Wildman–Crippen MR) is 144 cm³/mol. The van der Waals surface area contributed by atoms with Gasteiger partial charge in [-0.1, -0.05) is 48.0 Å². The fourth-order valence-electron chi connectivity index (χ4n) is 3.94. The number of carbonyl (C=O) groups excluding carboxylic acids is 1. The Balaban J connectivity index is 1.73. The number of hydrogen-bond donors (Lipinski definition) is 1. The summed E-state index contributed by atoms with van der Waals surface area (Å²) in [5.74, 6) is -0.810. The summed E-state index contributed by atoms with van der Waals surface area (Å²) in [6, 6.07) is 24.5. The summed E-state index contributed by atoms with van der Waals surface area (Å²) < 4.78 is 2.82. The minimum atomic E-state index is -0.561. The molecule has 0 unspecified atom stereocenters. The van der Waals surface area contributed by atoms with Crippen LogP contribution >= 0.6 is 23.8 Å². The first-order valence-electron chi connectivity index (χ1n) is 11.0. The van der Waals surface area contributed by atoms with Crippen LogP contribution in [0.25, 0.3) is 17.5 Å². The number of anilines is 1. The van der Waals surface area contributed by atoms with Gasteiger partial charge in [0.1, 0.15) is 5.56 Å². The molecule has 7 nitrogen and oxygen atoms in total. The molecule has 1 aromatic heterocycles. The van der Waals surface area contributed by atoms with Crippen molar-refractivity contribution < 1.29 is 9.90 Å². The van der Waals surface area contributed by atoms with Crippen LogP contribution in [0.5, 0.6) is 5.88 Å². The van der Waals surface area contributed by atoms with E-state index >= 15 is 0 Å². The number of hydrogen-bond acceptors (Lipinski definition) is 5. The molecule has 0 fully saturated rings. The summed E-state index contributed by atoms with van der Waals surface area (Å²) in [6.45, 7) is 1.67. The summed E-state index contributed by atoms with van der Waals surface area (Å²) >= 11 is 11.6. The molecule has 4 aromatic rings. The third kappa shape index (κ3) is 4.06. The average Bonchev–Trinajstić information content (AvgIpc) is 3.16. The third-order valence-electron chi connectivity index (χ3n) is 5.72. The molecule has 0 radical (unpaired) electrons. The molecular weight excluding hydrogens is 496 g/mol. The van der Waals surface area contributed by atoms with Crippen molar-refractivity contribution in [3.63, 3.8) is 0 Å². The zero-order chi connectivity index (χ0) is 25.4. The molecule has 0 saturated carbocycles. The Bertz CT molecular complexity index is 1660. The molecule has 2 heterocycles. The van der Waals surface area contributed by atoms with E-state index in [1.165, 1.54) is 20.2 Å². The van der Waals surface area contributed by atoms with Gasteiger partial charge < -0.3 is 5.11 Å². The van der Waals surface area contributed by atoms with Gasteiger partial charge in [-0.05, 0) is 73.7 Å². The number of halogens is 1. The Morgan fingerprint density at radius 3 is 1.97 bits per heavy atom. The van der Waals surface area contributed by atoms with E-state index in [2.05, 4.69) is 5.10 Å². The monoisotopic (exact) mass is 514 g/mol. The predicted octanol–water partition coefficient (Wildman–Crippen LogP) is 5.52. The van der Waals surface area contributed by atoms with E-state index in [9.17, 15) is 14.7 Å². The van der Waals surface area contributed by atoms with Gasteiger partial charge in [0.25, 0.3) is 11.5 Å². The number of aromatic hydroxyl groups is 1. The van der Waals surface area contributed by atoms with E-state index in [0.717, 1.165) is 0 Å². The molecule has 0 bridgehead atoms. The molecule has 178 valence electrons. The van der Waals surface area contributed by atoms with Gasteiger partial charge in [0.2, 0.25) is 5.88 Å². The van der Waals surface area contributed by atoms with Crippen molar-refractivity contribution in [1.82, 2.24) is 9.13 Å². The van der Waals surface area contributed by atoms with Crippen LogP contribution in [-0.4, -0.2) is 25.9 Å². The van der Waals surface area contributed by atoms with Crippen LogP contribution in [-0.2, 0) is 4.79 Å². The van der Waals surface area contributed by atoms with Crippen molar-refractivity contribution in [3.8, 4) is 17.3 Å². The van der Waals surface area contributed by atoms with E-state index in [4.69, 9.17) is 23.8 Å². The smallest absolute Gasteiger partial charge is 0.280 e. The van der Waals surface area contributed by atoms with Gasteiger partial charge in [0.15, 0.2) is 4.77 Å². The van der Waals surface area contributed by atoms with Crippen LogP contribution in [0.4, 0.5) is 5.69 Å². The lowest BCUT2D eigenvalue weighted by atomic mass is 10.1. The number of amides is 1. The summed E-state index contributed by atoms with van der Waals surface area (Å²) in [5, 5.41) is 17.4. The highest BCUT2D eigenvalue weighted by molar-refractivity contribution is 7.71. The largest absolute Gasteiger partial charge is 0.494 e. The summed E-state index contributed by atoms with van der Waals surface area (Å²) in [4.78, 5) is 27.0. The van der Waals surface area contributed by atoms with Crippen LogP contribution in [0, 0.1) is 4.77 Å². The number of aromatic nitrogens is 2. The zero-order valence-electron chi connectivity index (χ0n) is 19.0. The van der Waals surface area contributed by atoms with Crippen molar-refractivity contribution in [3.05, 3.63) is 116 Å². The minimum Gasteiger partial charge on any atom is -0.494 e. The minimum absolute atomic E-state index is 0.0861. The summed E-state index contributed by atoms with van der Waals surface area (Å²) in [7, 11) is 0. The van der Waals surface area contributed by atoms with Gasteiger partial charge in [-0.3, -0.25) is 18.7 Å². The van der Waals surface area contributed by atoms with E-state index in [1.807, 2.05) is 12.1 Å². The molecule has 1 aliphatic heterocycles. The third-order valence-corrected chi connectivity index (χ3v) is 6.34. The lowest BCUT2D eigenvalue weighted by Crippen LogP contribution is -2.26. The van der Waals surface area contributed by atoms with Crippen molar-refractivity contribution in [2.45, 2.75) is 6.92 Å². The number of carbonyl (C=O) groups is 1. The molecule has 1 aliphatic rings. The van der Waals surface area contributed by atoms with E-state index in [-0.39, 0.29) is 21.8 Å². The lowest BCUT2D eigenvalue weighted by molar-refractivity contribution is -0.114. The van der Waals surface area contributed by atoms with Gasteiger partial charge in [-0.2, -0.15) is 10.1 Å². The molecule has 1 N–H and O–H groups in total. The first-order chi connectivity index (χ1) is 17.4. The SMILES string of the molecule is CC1=NN(c2ccc(Cl)cc2)C(=O)C1=Cc1c(O)n(-c2ccccc2)c(=S)n(-c2ccccc2)c1=O.